The van der Waals surface area contributed by atoms with Crippen molar-refractivity contribution in [2.75, 3.05) is 19.7 Å². The van der Waals surface area contributed by atoms with Crippen molar-refractivity contribution in [2.45, 2.75) is 31.7 Å². The molecule has 1 saturated heterocycles. The third-order valence-electron chi connectivity index (χ3n) is 2.47. The van der Waals surface area contributed by atoms with Crippen molar-refractivity contribution in [3.05, 3.63) is 0 Å². The first kappa shape index (κ1) is 9.50. The van der Waals surface area contributed by atoms with Crippen LogP contribution in [-0.4, -0.2) is 35.7 Å². The first-order valence-electron chi connectivity index (χ1n) is 4.60. The fourth-order valence-corrected chi connectivity index (χ4v) is 1.75. The van der Waals surface area contributed by atoms with Crippen molar-refractivity contribution >= 4 is 0 Å². The van der Waals surface area contributed by atoms with Gasteiger partial charge in [-0.15, -0.1) is 0 Å². The fourth-order valence-electron chi connectivity index (χ4n) is 1.75. The number of nitrogens with zero attached hydrogens (tertiary/aromatic N) is 2. The summed E-state index contributed by atoms with van der Waals surface area (Å²) in [5, 5.41) is 17.5. The zero-order chi connectivity index (χ0) is 8.81. The van der Waals surface area contributed by atoms with Crippen LogP contribution in [0.25, 0.3) is 0 Å². The molecule has 0 amide bonds. The van der Waals surface area contributed by atoms with Gasteiger partial charge in [-0.25, -0.2) is 0 Å². The van der Waals surface area contributed by atoms with Crippen LogP contribution in [0.1, 0.15) is 25.7 Å². The van der Waals surface area contributed by atoms with Gasteiger partial charge in [0.1, 0.15) is 0 Å². The largest absolute Gasteiger partial charge is 0.395 e. The van der Waals surface area contributed by atoms with E-state index in [4.69, 9.17) is 10.4 Å². The minimum Gasteiger partial charge on any atom is -0.395 e. The predicted octanol–water partition coefficient (Wildman–Crippen LogP) is 0.747. The number of hydrogen-bond acceptors (Lipinski definition) is 3. The molecule has 0 bridgehead atoms. The van der Waals surface area contributed by atoms with E-state index in [2.05, 4.69) is 11.0 Å². The molecule has 3 heteroatoms. The lowest BCUT2D eigenvalue weighted by atomic mass is 10.0. The van der Waals surface area contributed by atoms with Gasteiger partial charge in [-0.2, -0.15) is 5.26 Å². The summed E-state index contributed by atoms with van der Waals surface area (Å²) in [4.78, 5) is 2.23. The highest BCUT2D eigenvalue weighted by Crippen LogP contribution is 2.16. The molecule has 12 heavy (non-hydrogen) atoms. The average molecular weight is 168 g/mol. The summed E-state index contributed by atoms with van der Waals surface area (Å²) in [5.74, 6) is 0. The average Bonchev–Trinajstić information content (AvgIpc) is 2.15. The molecule has 0 spiro atoms. The van der Waals surface area contributed by atoms with Crippen molar-refractivity contribution in [2.24, 2.45) is 0 Å². The maximum Gasteiger partial charge on any atom is 0.0635 e. The Hall–Kier alpha value is -0.590. The van der Waals surface area contributed by atoms with Gasteiger partial charge in [-0.1, -0.05) is 6.42 Å². The smallest absolute Gasteiger partial charge is 0.0635 e. The molecule has 1 aliphatic heterocycles. The van der Waals surface area contributed by atoms with E-state index in [9.17, 15) is 0 Å². The number of rotatable bonds is 3. The van der Waals surface area contributed by atoms with Crippen LogP contribution in [0.5, 0.6) is 0 Å². The van der Waals surface area contributed by atoms with Crippen LogP contribution in [0, 0.1) is 11.3 Å². The van der Waals surface area contributed by atoms with Crippen LogP contribution in [0.4, 0.5) is 0 Å². The zero-order valence-corrected chi connectivity index (χ0v) is 7.37. The molecular formula is C9H16N2O. The molecule has 0 saturated carbocycles. The van der Waals surface area contributed by atoms with E-state index < -0.39 is 0 Å². The first-order valence-corrected chi connectivity index (χ1v) is 4.60. The summed E-state index contributed by atoms with van der Waals surface area (Å²) in [6.07, 6.45) is 4.09. The summed E-state index contributed by atoms with van der Waals surface area (Å²) in [6.45, 7) is 2.11. The topological polar surface area (TPSA) is 47.3 Å². The van der Waals surface area contributed by atoms with Crippen molar-refractivity contribution < 1.29 is 5.11 Å². The van der Waals surface area contributed by atoms with E-state index in [1.165, 1.54) is 12.8 Å². The monoisotopic (exact) mass is 168 g/mol. The number of aliphatic hydroxyl groups excluding tert-OH is 1. The van der Waals surface area contributed by atoms with Crippen molar-refractivity contribution in [1.29, 1.82) is 5.26 Å². The minimum atomic E-state index is 0.241. The SMILES string of the molecule is N#CCCN1CCCCC1CO. The second-order valence-corrected chi connectivity index (χ2v) is 3.28. The van der Waals surface area contributed by atoms with Gasteiger partial charge in [0.15, 0.2) is 0 Å². The third kappa shape index (κ3) is 2.47. The van der Waals surface area contributed by atoms with E-state index in [1.807, 2.05) is 0 Å². The summed E-state index contributed by atoms with van der Waals surface area (Å²) in [7, 11) is 0. The third-order valence-corrected chi connectivity index (χ3v) is 2.47. The Morgan fingerprint density at radius 1 is 1.50 bits per heavy atom. The molecule has 1 unspecified atom stereocenters. The van der Waals surface area contributed by atoms with Crippen LogP contribution in [-0.2, 0) is 0 Å². The van der Waals surface area contributed by atoms with Crippen molar-refractivity contribution in [3.8, 4) is 6.07 Å². The Bertz CT molecular complexity index is 164. The molecule has 1 rings (SSSR count). The molecule has 3 nitrogen and oxygen atoms in total. The molecule has 1 N–H and O–H groups in total. The maximum absolute atomic E-state index is 9.04. The van der Waals surface area contributed by atoms with Crippen molar-refractivity contribution in [3.63, 3.8) is 0 Å². The van der Waals surface area contributed by atoms with Gasteiger partial charge in [-0.05, 0) is 19.4 Å². The lowest BCUT2D eigenvalue weighted by Gasteiger charge is -2.33. The van der Waals surface area contributed by atoms with Gasteiger partial charge in [0.05, 0.1) is 12.7 Å². The second kappa shape index (κ2) is 5.13. The first-order chi connectivity index (χ1) is 5.88. The quantitative estimate of drug-likeness (QED) is 0.676. The summed E-state index contributed by atoms with van der Waals surface area (Å²) in [5.41, 5.74) is 0. The second-order valence-electron chi connectivity index (χ2n) is 3.28. The van der Waals surface area contributed by atoms with Crippen molar-refractivity contribution in [1.82, 2.24) is 4.90 Å². The van der Waals surface area contributed by atoms with Gasteiger partial charge in [0.2, 0.25) is 0 Å². The normalized spacial score (nSPS) is 25.2. The standard InChI is InChI=1S/C9H16N2O/c10-5-3-7-11-6-2-1-4-9(11)8-12/h9,12H,1-4,6-8H2. The Labute approximate surface area is 73.6 Å². The molecule has 1 fully saturated rings. The molecule has 0 aromatic heterocycles. The van der Waals surface area contributed by atoms with E-state index in [0.29, 0.717) is 12.5 Å². The molecule has 0 aromatic carbocycles. The Morgan fingerprint density at radius 2 is 2.33 bits per heavy atom. The number of aliphatic hydroxyl groups is 1. The van der Waals surface area contributed by atoms with Crippen LogP contribution >= 0.6 is 0 Å². The van der Waals surface area contributed by atoms with Gasteiger partial charge in [-0.3, -0.25) is 4.90 Å². The highest BCUT2D eigenvalue weighted by Gasteiger charge is 2.20. The fraction of sp³-hybridized carbons (Fsp3) is 0.889. The van der Waals surface area contributed by atoms with Crippen LogP contribution < -0.4 is 0 Å². The van der Waals surface area contributed by atoms with Gasteiger partial charge >= 0.3 is 0 Å². The van der Waals surface area contributed by atoms with Gasteiger partial charge < -0.3 is 5.11 Å². The van der Waals surface area contributed by atoms with Crippen LogP contribution in [0.15, 0.2) is 0 Å². The molecule has 0 aromatic rings. The zero-order valence-electron chi connectivity index (χ0n) is 7.37. The lowest BCUT2D eigenvalue weighted by molar-refractivity contribution is 0.0923. The Balaban J connectivity index is 2.32. The lowest BCUT2D eigenvalue weighted by Crippen LogP contribution is -2.42. The summed E-state index contributed by atoms with van der Waals surface area (Å²) >= 11 is 0. The maximum atomic E-state index is 9.04. The molecular weight excluding hydrogens is 152 g/mol. The summed E-state index contributed by atoms with van der Waals surface area (Å²) in [6, 6.07) is 2.45. The Kier molecular flexibility index (Phi) is 4.06. The molecule has 1 aliphatic rings. The highest BCUT2D eigenvalue weighted by atomic mass is 16.3. The number of piperidine rings is 1. The molecule has 1 atom stereocenters. The minimum absolute atomic E-state index is 0.241. The molecule has 68 valence electrons. The van der Waals surface area contributed by atoms with Crippen LogP contribution in [0.3, 0.4) is 0 Å². The Morgan fingerprint density at radius 3 is 3.00 bits per heavy atom. The number of likely N-dealkylation sites (tertiary alicyclic amines) is 1. The van der Waals surface area contributed by atoms with Crippen LogP contribution in [0.2, 0.25) is 0 Å². The number of nitriles is 1. The van der Waals surface area contributed by atoms with E-state index in [-0.39, 0.29) is 6.61 Å². The molecule has 1 heterocycles. The molecule has 0 aliphatic carbocycles. The van der Waals surface area contributed by atoms with Gasteiger partial charge in [0.25, 0.3) is 0 Å². The molecule has 0 radical (unpaired) electrons. The van der Waals surface area contributed by atoms with E-state index in [0.717, 1.165) is 19.5 Å². The summed E-state index contributed by atoms with van der Waals surface area (Å²) < 4.78 is 0. The highest BCUT2D eigenvalue weighted by molar-refractivity contribution is 4.79. The number of hydrogen-bond donors (Lipinski definition) is 1. The van der Waals surface area contributed by atoms with E-state index in [1.54, 1.807) is 0 Å². The van der Waals surface area contributed by atoms with Gasteiger partial charge in [0, 0.05) is 19.0 Å². The predicted molar refractivity (Wildman–Crippen MR) is 46.5 cm³/mol. The van der Waals surface area contributed by atoms with E-state index >= 15 is 0 Å².